The van der Waals surface area contributed by atoms with E-state index >= 15 is 0 Å². The van der Waals surface area contributed by atoms with Crippen LogP contribution in [0.4, 0.5) is 0 Å². The lowest BCUT2D eigenvalue weighted by Crippen LogP contribution is -2.43. The standard InChI is InChI=1S/C20H24BrNO2/c1-12-19-17(9-8-15-7-6-14(21)11-22-15)16-5-3-2-4-13(16)10-18(19)24-20(12)23/h6-9,11-13,16-19H,2-5,10H2,1H3/t12-,13-,16+,17-,18-,19+/m0/s1. The van der Waals surface area contributed by atoms with Crippen molar-refractivity contribution >= 4 is 28.0 Å². The molecule has 0 spiro atoms. The van der Waals surface area contributed by atoms with Gasteiger partial charge in [0.25, 0.3) is 0 Å². The highest BCUT2D eigenvalue weighted by Crippen LogP contribution is 2.52. The third-order valence-electron chi connectivity index (χ3n) is 6.33. The summed E-state index contributed by atoms with van der Waals surface area (Å²) in [4.78, 5) is 16.6. The lowest BCUT2D eigenvalue weighted by atomic mass is 9.59. The van der Waals surface area contributed by atoms with Gasteiger partial charge >= 0.3 is 5.97 Å². The Morgan fingerprint density at radius 2 is 2.12 bits per heavy atom. The van der Waals surface area contributed by atoms with E-state index in [4.69, 9.17) is 4.74 Å². The Kier molecular flexibility index (Phi) is 4.50. The van der Waals surface area contributed by atoms with E-state index in [1.54, 1.807) is 0 Å². The molecular weight excluding hydrogens is 366 g/mol. The van der Waals surface area contributed by atoms with Crippen LogP contribution in [0.3, 0.4) is 0 Å². The SMILES string of the molecule is C[C@@H]1C(=O)O[C@H]2C[C@@H]3CCCC[C@H]3[C@H](C=Cc3ccc(Br)cn3)[C@H]21. The molecule has 3 nitrogen and oxygen atoms in total. The first-order valence-electron chi connectivity index (χ1n) is 9.14. The summed E-state index contributed by atoms with van der Waals surface area (Å²) in [7, 11) is 0. The van der Waals surface area contributed by atoms with E-state index in [0.29, 0.717) is 23.7 Å². The minimum absolute atomic E-state index is 0.00353. The molecule has 3 fully saturated rings. The van der Waals surface area contributed by atoms with Crippen molar-refractivity contribution in [1.29, 1.82) is 0 Å². The summed E-state index contributed by atoms with van der Waals surface area (Å²) < 4.78 is 6.72. The molecule has 0 N–H and O–H groups in total. The number of rotatable bonds is 2. The molecule has 1 aromatic heterocycles. The fourth-order valence-corrected chi connectivity index (χ4v) is 5.42. The van der Waals surface area contributed by atoms with Crippen molar-refractivity contribution in [2.45, 2.75) is 45.1 Å². The summed E-state index contributed by atoms with van der Waals surface area (Å²) in [5, 5.41) is 0. The molecule has 2 heterocycles. The normalized spacial score (nSPS) is 38.7. The molecule has 1 aromatic rings. The van der Waals surface area contributed by atoms with Gasteiger partial charge in [-0.05, 0) is 64.7 Å². The Labute approximate surface area is 152 Å². The molecule has 6 atom stereocenters. The third kappa shape index (κ3) is 2.94. The Balaban J connectivity index is 1.63. The van der Waals surface area contributed by atoms with Crippen molar-refractivity contribution in [3.05, 3.63) is 34.6 Å². The van der Waals surface area contributed by atoms with E-state index in [2.05, 4.69) is 40.0 Å². The number of hydrogen-bond donors (Lipinski definition) is 0. The fraction of sp³-hybridized carbons (Fsp3) is 0.600. The summed E-state index contributed by atoms with van der Waals surface area (Å²) in [6.07, 6.45) is 12.7. The number of carbonyl (C=O) groups is 1. The Morgan fingerprint density at radius 3 is 2.92 bits per heavy atom. The van der Waals surface area contributed by atoms with Crippen LogP contribution < -0.4 is 0 Å². The molecule has 2 aliphatic carbocycles. The van der Waals surface area contributed by atoms with Crippen LogP contribution in [0.1, 0.15) is 44.7 Å². The first kappa shape index (κ1) is 16.3. The van der Waals surface area contributed by atoms with Gasteiger partial charge in [-0.1, -0.05) is 32.3 Å². The second-order valence-electron chi connectivity index (χ2n) is 7.62. The van der Waals surface area contributed by atoms with E-state index in [1.165, 1.54) is 25.7 Å². The van der Waals surface area contributed by atoms with Crippen LogP contribution in [0.15, 0.2) is 28.9 Å². The zero-order chi connectivity index (χ0) is 16.7. The van der Waals surface area contributed by atoms with Crippen LogP contribution in [0, 0.1) is 29.6 Å². The molecule has 0 radical (unpaired) electrons. The van der Waals surface area contributed by atoms with Crippen molar-refractivity contribution in [3.8, 4) is 0 Å². The molecule has 0 bridgehead atoms. The molecular formula is C20H24BrNO2. The van der Waals surface area contributed by atoms with Crippen molar-refractivity contribution in [1.82, 2.24) is 4.98 Å². The monoisotopic (exact) mass is 389 g/mol. The second-order valence-corrected chi connectivity index (χ2v) is 8.54. The number of ether oxygens (including phenoxy) is 1. The topological polar surface area (TPSA) is 39.2 Å². The van der Waals surface area contributed by atoms with Gasteiger partial charge < -0.3 is 4.74 Å². The van der Waals surface area contributed by atoms with E-state index in [1.807, 2.05) is 18.3 Å². The molecule has 24 heavy (non-hydrogen) atoms. The molecule has 0 unspecified atom stereocenters. The number of pyridine rings is 1. The first-order valence-corrected chi connectivity index (χ1v) is 9.93. The van der Waals surface area contributed by atoms with Crippen LogP contribution in [0.25, 0.3) is 6.08 Å². The summed E-state index contributed by atoms with van der Waals surface area (Å²) >= 11 is 3.43. The van der Waals surface area contributed by atoms with Crippen LogP contribution in [0.2, 0.25) is 0 Å². The smallest absolute Gasteiger partial charge is 0.309 e. The number of nitrogens with zero attached hydrogens (tertiary/aromatic N) is 1. The molecule has 4 rings (SSSR count). The van der Waals surface area contributed by atoms with E-state index in [9.17, 15) is 4.79 Å². The van der Waals surface area contributed by atoms with Crippen molar-refractivity contribution in [2.75, 3.05) is 0 Å². The maximum atomic E-state index is 12.1. The Hall–Kier alpha value is -1.16. The fourth-order valence-electron chi connectivity index (χ4n) is 5.19. The van der Waals surface area contributed by atoms with Crippen molar-refractivity contribution < 1.29 is 9.53 Å². The largest absolute Gasteiger partial charge is 0.462 e. The highest BCUT2D eigenvalue weighted by Gasteiger charge is 2.53. The number of allylic oxidation sites excluding steroid dienone is 1. The van der Waals surface area contributed by atoms with Gasteiger partial charge in [0, 0.05) is 16.6 Å². The average Bonchev–Trinajstić information content (AvgIpc) is 2.87. The summed E-state index contributed by atoms with van der Waals surface area (Å²) in [5.74, 6) is 2.20. The van der Waals surface area contributed by atoms with Crippen molar-refractivity contribution in [2.24, 2.45) is 29.6 Å². The van der Waals surface area contributed by atoms with Gasteiger partial charge in [0.05, 0.1) is 11.6 Å². The summed E-state index contributed by atoms with van der Waals surface area (Å²) in [6, 6.07) is 4.05. The molecule has 0 aromatic carbocycles. The number of carbonyl (C=O) groups excluding carboxylic acids is 1. The highest BCUT2D eigenvalue weighted by atomic mass is 79.9. The minimum atomic E-state index is 0.00353. The number of hydrogen-bond acceptors (Lipinski definition) is 3. The predicted molar refractivity (Wildman–Crippen MR) is 97.1 cm³/mol. The minimum Gasteiger partial charge on any atom is -0.462 e. The van der Waals surface area contributed by atoms with Gasteiger partial charge in [0.15, 0.2) is 0 Å². The Bertz CT molecular complexity index is 642. The van der Waals surface area contributed by atoms with E-state index in [-0.39, 0.29) is 18.0 Å². The zero-order valence-electron chi connectivity index (χ0n) is 14.0. The van der Waals surface area contributed by atoms with Crippen LogP contribution in [-0.4, -0.2) is 17.1 Å². The zero-order valence-corrected chi connectivity index (χ0v) is 15.6. The Morgan fingerprint density at radius 1 is 1.29 bits per heavy atom. The van der Waals surface area contributed by atoms with Gasteiger partial charge in [-0.3, -0.25) is 9.78 Å². The first-order chi connectivity index (χ1) is 11.6. The maximum absolute atomic E-state index is 12.1. The van der Waals surface area contributed by atoms with Gasteiger partial charge in [0.2, 0.25) is 0 Å². The molecule has 2 saturated carbocycles. The third-order valence-corrected chi connectivity index (χ3v) is 6.80. The maximum Gasteiger partial charge on any atom is 0.309 e. The molecule has 0 amide bonds. The van der Waals surface area contributed by atoms with Gasteiger partial charge in [-0.2, -0.15) is 0 Å². The van der Waals surface area contributed by atoms with E-state index < -0.39 is 0 Å². The number of halogens is 1. The van der Waals surface area contributed by atoms with E-state index in [0.717, 1.165) is 16.6 Å². The van der Waals surface area contributed by atoms with Crippen LogP contribution in [0.5, 0.6) is 0 Å². The molecule has 128 valence electrons. The second kappa shape index (κ2) is 6.62. The van der Waals surface area contributed by atoms with Gasteiger partial charge in [-0.25, -0.2) is 0 Å². The molecule has 1 aliphatic heterocycles. The average molecular weight is 390 g/mol. The molecule has 1 saturated heterocycles. The summed E-state index contributed by atoms with van der Waals surface area (Å²) in [5.41, 5.74) is 0.977. The number of aromatic nitrogens is 1. The van der Waals surface area contributed by atoms with Crippen LogP contribution in [-0.2, 0) is 9.53 Å². The number of fused-ring (bicyclic) bond motifs is 2. The lowest BCUT2D eigenvalue weighted by molar-refractivity contribution is -0.145. The highest BCUT2D eigenvalue weighted by molar-refractivity contribution is 9.10. The summed E-state index contributed by atoms with van der Waals surface area (Å²) in [6.45, 7) is 2.05. The number of esters is 1. The molecule has 3 aliphatic rings. The van der Waals surface area contributed by atoms with Gasteiger partial charge in [0.1, 0.15) is 6.10 Å². The van der Waals surface area contributed by atoms with Gasteiger partial charge in [-0.15, -0.1) is 0 Å². The van der Waals surface area contributed by atoms with Crippen LogP contribution >= 0.6 is 15.9 Å². The quantitative estimate of drug-likeness (QED) is 0.677. The van der Waals surface area contributed by atoms with Crippen molar-refractivity contribution in [3.63, 3.8) is 0 Å². The molecule has 4 heteroatoms. The lowest BCUT2D eigenvalue weighted by Gasteiger charge is -2.46. The predicted octanol–water partition coefficient (Wildman–Crippen LogP) is 4.86.